The molecule has 4 rings (SSSR count). The Hall–Kier alpha value is -3.25. The normalized spacial score (nSPS) is 18.8. The van der Waals surface area contributed by atoms with E-state index in [0.29, 0.717) is 43.1 Å². The van der Waals surface area contributed by atoms with Crippen molar-refractivity contribution in [3.8, 4) is 5.75 Å². The van der Waals surface area contributed by atoms with Gasteiger partial charge in [0.25, 0.3) is 0 Å². The summed E-state index contributed by atoms with van der Waals surface area (Å²) in [6, 6.07) is 20.9. The van der Waals surface area contributed by atoms with Crippen LogP contribution in [0, 0.1) is 17.6 Å². The lowest BCUT2D eigenvalue weighted by molar-refractivity contribution is -0.121. The van der Waals surface area contributed by atoms with Crippen molar-refractivity contribution >= 4 is 11.6 Å². The van der Waals surface area contributed by atoms with Crippen LogP contribution in [0.2, 0.25) is 0 Å². The number of likely N-dealkylation sites (tertiary alicyclic amines) is 1. The molecule has 0 radical (unpaired) electrons. The Morgan fingerprint density at radius 2 is 1.84 bits per heavy atom. The first-order chi connectivity index (χ1) is 15.5. The molecule has 1 amide bonds. The summed E-state index contributed by atoms with van der Waals surface area (Å²) in [6.45, 7) is 1.51. The van der Waals surface area contributed by atoms with Gasteiger partial charge in [0, 0.05) is 43.0 Å². The lowest BCUT2D eigenvalue weighted by atomic mass is 9.84. The van der Waals surface area contributed by atoms with E-state index in [-0.39, 0.29) is 17.7 Å². The summed E-state index contributed by atoms with van der Waals surface area (Å²) in [5, 5.41) is 2.99. The maximum atomic E-state index is 14.3. The molecule has 4 nitrogen and oxygen atoms in total. The highest BCUT2D eigenvalue weighted by Gasteiger charge is 2.32. The number of nitrogens with one attached hydrogen (secondary N) is 1. The summed E-state index contributed by atoms with van der Waals surface area (Å²) in [4.78, 5) is 15.2. The van der Waals surface area contributed by atoms with Gasteiger partial charge in [-0.3, -0.25) is 9.69 Å². The molecule has 0 aromatic heterocycles. The zero-order chi connectivity index (χ0) is 22.5. The maximum absolute atomic E-state index is 14.3. The molecule has 0 unspecified atom stereocenters. The zero-order valence-corrected chi connectivity index (χ0v) is 17.9. The van der Waals surface area contributed by atoms with Crippen molar-refractivity contribution in [1.82, 2.24) is 4.90 Å². The molecule has 0 aliphatic carbocycles. The number of benzene rings is 3. The molecule has 0 bridgehead atoms. The number of anilines is 1. The van der Waals surface area contributed by atoms with Crippen LogP contribution in [-0.4, -0.2) is 31.0 Å². The van der Waals surface area contributed by atoms with Gasteiger partial charge in [0.2, 0.25) is 5.91 Å². The Labute approximate surface area is 186 Å². The number of amides is 1. The SMILES string of the molecule is COc1cccc(NC(=O)[C@@H]2C[C@@H](c3ccccc3)CN(Cc3ccc(F)cc3F)C2)c1. The number of piperidine rings is 1. The third-order valence-electron chi connectivity index (χ3n) is 5.91. The molecule has 3 aromatic rings. The number of rotatable bonds is 6. The molecule has 0 spiro atoms. The third kappa shape index (κ3) is 5.32. The van der Waals surface area contributed by atoms with E-state index in [1.54, 1.807) is 13.2 Å². The minimum Gasteiger partial charge on any atom is -0.497 e. The Morgan fingerprint density at radius 3 is 2.59 bits per heavy atom. The van der Waals surface area contributed by atoms with Gasteiger partial charge in [-0.2, -0.15) is 0 Å². The number of ether oxygens (including phenoxy) is 1. The van der Waals surface area contributed by atoms with Crippen molar-refractivity contribution in [2.45, 2.75) is 18.9 Å². The summed E-state index contributed by atoms with van der Waals surface area (Å²) in [5.74, 6) is -0.713. The molecular weight excluding hydrogens is 410 g/mol. The molecule has 0 saturated carbocycles. The number of carbonyl (C=O) groups excluding carboxylic acids is 1. The molecular formula is C26H26F2N2O2. The largest absolute Gasteiger partial charge is 0.497 e. The minimum atomic E-state index is -0.595. The van der Waals surface area contributed by atoms with Gasteiger partial charge in [-0.05, 0) is 36.1 Å². The molecule has 1 saturated heterocycles. The fourth-order valence-electron chi connectivity index (χ4n) is 4.31. The van der Waals surface area contributed by atoms with Gasteiger partial charge >= 0.3 is 0 Å². The second-order valence-corrected chi connectivity index (χ2v) is 8.19. The van der Waals surface area contributed by atoms with Crippen LogP contribution in [0.4, 0.5) is 14.5 Å². The summed E-state index contributed by atoms with van der Waals surface area (Å²) in [6.07, 6.45) is 0.697. The van der Waals surface area contributed by atoms with Gasteiger partial charge in [-0.15, -0.1) is 0 Å². The average molecular weight is 437 g/mol. The van der Waals surface area contributed by atoms with E-state index < -0.39 is 11.6 Å². The van der Waals surface area contributed by atoms with Crippen LogP contribution in [0.1, 0.15) is 23.5 Å². The van der Waals surface area contributed by atoms with Crippen molar-refractivity contribution < 1.29 is 18.3 Å². The van der Waals surface area contributed by atoms with Crippen LogP contribution < -0.4 is 10.1 Å². The van der Waals surface area contributed by atoms with Crippen LogP contribution in [0.25, 0.3) is 0 Å². The molecule has 166 valence electrons. The summed E-state index contributed by atoms with van der Waals surface area (Å²) < 4.78 is 32.8. The number of halogens is 2. The smallest absolute Gasteiger partial charge is 0.228 e. The first-order valence-electron chi connectivity index (χ1n) is 10.7. The number of methoxy groups -OCH3 is 1. The zero-order valence-electron chi connectivity index (χ0n) is 17.9. The molecule has 3 aromatic carbocycles. The molecule has 1 aliphatic heterocycles. The average Bonchev–Trinajstić information content (AvgIpc) is 2.81. The van der Waals surface area contributed by atoms with E-state index in [0.717, 1.165) is 11.6 Å². The molecule has 1 fully saturated rings. The van der Waals surface area contributed by atoms with Crippen molar-refractivity contribution in [1.29, 1.82) is 0 Å². The molecule has 1 heterocycles. The number of hydrogen-bond donors (Lipinski definition) is 1. The van der Waals surface area contributed by atoms with Gasteiger partial charge in [0.05, 0.1) is 13.0 Å². The van der Waals surface area contributed by atoms with E-state index in [1.807, 2.05) is 36.4 Å². The summed E-state index contributed by atoms with van der Waals surface area (Å²) in [7, 11) is 1.58. The fraction of sp³-hybridized carbons (Fsp3) is 0.269. The maximum Gasteiger partial charge on any atom is 0.228 e. The van der Waals surface area contributed by atoms with Gasteiger partial charge in [-0.1, -0.05) is 42.5 Å². The van der Waals surface area contributed by atoms with Crippen molar-refractivity contribution in [3.05, 3.63) is 95.6 Å². The quantitative estimate of drug-likeness (QED) is 0.576. The molecule has 1 aliphatic rings. The minimum absolute atomic E-state index is 0.0801. The molecule has 2 atom stereocenters. The monoisotopic (exact) mass is 436 g/mol. The lowest BCUT2D eigenvalue weighted by Crippen LogP contribution is -2.43. The summed E-state index contributed by atoms with van der Waals surface area (Å²) >= 11 is 0. The van der Waals surface area contributed by atoms with Gasteiger partial charge < -0.3 is 10.1 Å². The first kappa shape index (κ1) is 22.0. The van der Waals surface area contributed by atoms with E-state index in [4.69, 9.17) is 4.74 Å². The van der Waals surface area contributed by atoms with Crippen LogP contribution in [0.5, 0.6) is 5.75 Å². The summed E-state index contributed by atoms with van der Waals surface area (Å²) in [5.41, 5.74) is 2.25. The van der Waals surface area contributed by atoms with Crippen LogP contribution in [-0.2, 0) is 11.3 Å². The van der Waals surface area contributed by atoms with Crippen molar-refractivity contribution in [3.63, 3.8) is 0 Å². The second kappa shape index (κ2) is 9.92. The Morgan fingerprint density at radius 1 is 1.03 bits per heavy atom. The van der Waals surface area contributed by atoms with Crippen LogP contribution in [0.15, 0.2) is 72.8 Å². The van der Waals surface area contributed by atoms with Gasteiger partial charge in [0.15, 0.2) is 0 Å². The van der Waals surface area contributed by atoms with E-state index >= 15 is 0 Å². The van der Waals surface area contributed by atoms with E-state index in [2.05, 4.69) is 22.3 Å². The first-order valence-corrected chi connectivity index (χ1v) is 10.7. The van der Waals surface area contributed by atoms with Crippen LogP contribution in [0.3, 0.4) is 0 Å². The Bertz CT molecular complexity index is 1070. The number of nitrogens with zero attached hydrogens (tertiary/aromatic N) is 1. The topological polar surface area (TPSA) is 41.6 Å². The second-order valence-electron chi connectivity index (χ2n) is 8.19. The van der Waals surface area contributed by atoms with Crippen LogP contribution >= 0.6 is 0 Å². The molecule has 1 N–H and O–H groups in total. The van der Waals surface area contributed by atoms with Crippen molar-refractivity contribution in [2.75, 3.05) is 25.5 Å². The van der Waals surface area contributed by atoms with Gasteiger partial charge in [0.1, 0.15) is 17.4 Å². The molecule has 6 heteroatoms. The standard InChI is InChI=1S/C26H26F2N2O2/c1-32-24-9-5-8-23(14-24)29-26(31)21-12-20(18-6-3-2-4-7-18)16-30(17-21)15-19-10-11-22(27)13-25(19)28/h2-11,13-14,20-21H,12,15-17H2,1H3,(H,29,31)/t20-,21-/m1/s1. The highest BCUT2D eigenvalue weighted by molar-refractivity contribution is 5.93. The van der Waals surface area contributed by atoms with Gasteiger partial charge in [-0.25, -0.2) is 8.78 Å². The predicted molar refractivity (Wildman–Crippen MR) is 121 cm³/mol. The number of hydrogen-bond acceptors (Lipinski definition) is 3. The Kier molecular flexibility index (Phi) is 6.81. The molecule has 32 heavy (non-hydrogen) atoms. The Balaban J connectivity index is 1.54. The van der Waals surface area contributed by atoms with E-state index in [1.165, 1.54) is 12.1 Å². The van der Waals surface area contributed by atoms with E-state index in [9.17, 15) is 13.6 Å². The number of carbonyl (C=O) groups is 1. The lowest BCUT2D eigenvalue weighted by Gasteiger charge is -2.37. The third-order valence-corrected chi connectivity index (χ3v) is 5.91. The predicted octanol–water partition coefficient (Wildman–Crippen LogP) is 5.22. The van der Waals surface area contributed by atoms with Crippen molar-refractivity contribution in [2.24, 2.45) is 5.92 Å². The highest BCUT2D eigenvalue weighted by atomic mass is 19.1. The fourth-order valence-corrected chi connectivity index (χ4v) is 4.31. The highest BCUT2D eigenvalue weighted by Crippen LogP contribution is 2.32.